The van der Waals surface area contributed by atoms with E-state index in [2.05, 4.69) is 33.9 Å². The second-order valence-corrected chi connectivity index (χ2v) is 5.61. The van der Waals surface area contributed by atoms with Gasteiger partial charge in [0.15, 0.2) is 0 Å². The summed E-state index contributed by atoms with van der Waals surface area (Å²) in [4.78, 5) is 5.75. The van der Waals surface area contributed by atoms with Gasteiger partial charge in [0, 0.05) is 27.9 Å². The fourth-order valence-electron chi connectivity index (χ4n) is 1.56. The first kappa shape index (κ1) is 11.8. The molecule has 0 aliphatic carbocycles. The van der Waals surface area contributed by atoms with Crippen LogP contribution in [0.4, 0.5) is 0 Å². The molecule has 84 valence electrons. The third-order valence-electron chi connectivity index (χ3n) is 2.30. The number of benzene rings is 1. The van der Waals surface area contributed by atoms with Crippen molar-refractivity contribution in [1.82, 2.24) is 4.98 Å². The minimum atomic E-state index is 0.155. The van der Waals surface area contributed by atoms with Crippen molar-refractivity contribution in [1.29, 1.82) is 0 Å². The standard InChI is InChI=1S/C12H12BrNOS/c1-8-12(14-11(16-8)6-7-15)9-4-2-3-5-10(9)13/h2-5,15H,6-7H2,1H3. The van der Waals surface area contributed by atoms with Crippen LogP contribution in [0.2, 0.25) is 0 Å². The number of thiazole rings is 1. The van der Waals surface area contributed by atoms with E-state index in [1.54, 1.807) is 11.3 Å². The number of aromatic nitrogens is 1. The van der Waals surface area contributed by atoms with E-state index in [1.807, 2.05) is 18.2 Å². The number of nitrogens with zero attached hydrogens (tertiary/aromatic N) is 1. The number of hydrogen-bond acceptors (Lipinski definition) is 3. The molecule has 0 saturated heterocycles. The van der Waals surface area contributed by atoms with E-state index in [0.29, 0.717) is 6.42 Å². The summed E-state index contributed by atoms with van der Waals surface area (Å²) in [5.41, 5.74) is 2.13. The fraction of sp³-hybridized carbons (Fsp3) is 0.250. The number of aliphatic hydroxyl groups is 1. The van der Waals surface area contributed by atoms with E-state index in [0.717, 1.165) is 20.7 Å². The average Bonchev–Trinajstić information content (AvgIpc) is 2.61. The van der Waals surface area contributed by atoms with Crippen LogP contribution in [0.15, 0.2) is 28.7 Å². The molecule has 0 spiro atoms. The number of rotatable bonds is 3. The van der Waals surface area contributed by atoms with E-state index in [4.69, 9.17) is 5.11 Å². The van der Waals surface area contributed by atoms with Crippen molar-refractivity contribution in [3.05, 3.63) is 38.6 Å². The summed E-state index contributed by atoms with van der Waals surface area (Å²) in [7, 11) is 0. The van der Waals surface area contributed by atoms with E-state index >= 15 is 0 Å². The predicted octanol–water partition coefficient (Wildman–Crippen LogP) is 3.42. The minimum Gasteiger partial charge on any atom is -0.396 e. The molecule has 2 nitrogen and oxygen atoms in total. The lowest BCUT2D eigenvalue weighted by molar-refractivity contribution is 0.299. The Kier molecular flexibility index (Phi) is 3.74. The van der Waals surface area contributed by atoms with E-state index in [9.17, 15) is 0 Å². The highest BCUT2D eigenvalue weighted by Crippen LogP contribution is 2.32. The molecule has 0 atom stereocenters. The second-order valence-electron chi connectivity index (χ2n) is 3.47. The Hall–Kier alpha value is -0.710. The number of hydrogen-bond donors (Lipinski definition) is 1. The molecule has 0 amide bonds. The molecule has 0 aliphatic heterocycles. The maximum absolute atomic E-state index is 8.90. The maximum Gasteiger partial charge on any atom is 0.0958 e. The molecule has 1 aromatic carbocycles. The third-order valence-corrected chi connectivity index (χ3v) is 4.02. The van der Waals surface area contributed by atoms with Gasteiger partial charge in [0.05, 0.1) is 10.7 Å². The van der Waals surface area contributed by atoms with Crippen molar-refractivity contribution in [2.24, 2.45) is 0 Å². The average molecular weight is 298 g/mol. The quantitative estimate of drug-likeness (QED) is 0.942. The minimum absolute atomic E-state index is 0.155. The third kappa shape index (κ3) is 2.34. The van der Waals surface area contributed by atoms with Crippen LogP contribution >= 0.6 is 27.3 Å². The Balaban J connectivity index is 2.44. The first-order chi connectivity index (χ1) is 7.72. The van der Waals surface area contributed by atoms with Gasteiger partial charge in [-0.2, -0.15) is 0 Å². The maximum atomic E-state index is 8.90. The molecule has 0 aliphatic rings. The van der Waals surface area contributed by atoms with Gasteiger partial charge in [-0.05, 0) is 13.0 Å². The van der Waals surface area contributed by atoms with Crippen LogP contribution in [0, 0.1) is 6.92 Å². The smallest absolute Gasteiger partial charge is 0.0958 e. The highest BCUT2D eigenvalue weighted by molar-refractivity contribution is 9.10. The van der Waals surface area contributed by atoms with Crippen molar-refractivity contribution in [3.8, 4) is 11.3 Å². The Labute approximate surface area is 107 Å². The highest BCUT2D eigenvalue weighted by Gasteiger charge is 2.11. The largest absolute Gasteiger partial charge is 0.396 e. The Morgan fingerprint density at radius 2 is 2.12 bits per heavy atom. The first-order valence-electron chi connectivity index (χ1n) is 5.04. The van der Waals surface area contributed by atoms with Crippen LogP contribution in [0.1, 0.15) is 9.88 Å². The zero-order valence-electron chi connectivity index (χ0n) is 8.90. The summed E-state index contributed by atoms with van der Waals surface area (Å²) in [6, 6.07) is 8.06. The predicted molar refractivity (Wildman–Crippen MR) is 70.8 cm³/mol. The summed E-state index contributed by atoms with van der Waals surface area (Å²) in [6.07, 6.45) is 0.635. The van der Waals surface area contributed by atoms with Gasteiger partial charge in [-0.3, -0.25) is 0 Å². The Morgan fingerprint density at radius 1 is 1.38 bits per heavy atom. The van der Waals surface area contributed by atoms with Gasteiger partial charge in [-0.15, -0.1) is 11.3 Å². The number of halogens is 1. The molecule has 0 saturated carbocycles. The van der Waals surface area contributed by atoms with Crippen LogP contribution < -0.4 is 0 Å². The van der Waals surface area contributed by atoms with Crippen LogP contribution in [-0.4, -0.2) is 16.7 Å². The van der Waals surface area contributed by atoms with Crippen LogP contribution in [0.3, 0.4) is 0 Å². The van der Waals surface area contributed by atoms with Crippen LogP contribution in [0.5, 0.6) is 0 Å². The Morgan fingerprint density at radius 3 is 2.81 bits per heavy atom. The van der Waals surface area contributed by atoms with Crippen molar-refractivity contribution in [3.63, 3.8) is 0 Å². The molecule has 16 heavy (non-hydrogen) atoms. The molecule has 0 radical (unpaired) electrons. The van der Waals surface area contributed by atoms with E-state index < -0.39 is 0 Å². The molecular weight excluding hydrogens is 286 g/mol. The van der Waals surface area contributed by atoms with Crippen LogP contribution in [-0.2, 0) is 6.42 Å². The normalized spacial score (nSPS) is 10.7. The SMILES string of the molecule is Cc1sc(CCO)nc1-c1ccccc1Br. The van der Waals surface area contributed by atoms with E-state index in [1.165, 1.54) is 4.88 Å². The zero-order valence-corrected chi connectivity index (χ0v) is 11.3. The molecule has 1 N–H and O–H groups in total. The van der Waals surface area contributed by atoms with Gasteiger partial charge >= 0.3 is 0 Å². The summed E-state index contributed by atoms with van der Waals surface area (Å²) in [5, 5.41) is 9.89. The van der Waals surface area contributed by atoms with Crippen molar-refractivity contribution in [2.45, 2.75) is 13.3 Å². The van der Waals surface area contributed by atoms with Crippen molar-refractivity contribution < 1.29 is 5.11 Å². The van der Waals surface area contributed by atoms with Gasteiger partial charge in [-0.25, -0.2) is 4.98 Å². The fourth-order valence-corrected chi connectivity index (χ4v) is 2.97. The Bertz CT molecular complexity index is 496. The molecule has 1 heterocycles. The van der Waals surface area contributed by atoms with Crippen LogP contribution in [0.25, 0.3) is 11.3 Å². The number of aryl methyl sites for hydroxylation is 1. The topological polar surface area (TPSA) is 33.1 Å². The lowest BCUT2D eigenvalue weighted by Gasteiger charge is -2.01. The monoisotopic (exact) mass is 297 g/mol. The molecule has 1 aromatic heterocycles. The zero-order chi connectivity index (χ0) is 11.5. The van der Waals surface area contributed by atoms with Gasteiger partial charge < -0.3 is 5.11 Å². The van der Waals surface area contributed by atoms with E-state index in [-0.39, 0.29) is 6.61 Å². The van der Waals surface area contributed by atoms with Gasteiger partial charge in [0.2, 0.25) is 0 Å². The summed E-state index contributed by atoms with van der Waals surface area (Å²) in [6.45, 7) is 2.22. The van der Waals surface area contributed by atoms with Crippen molar-refractivity contribution >= 4 is 27.3 Å². The molecule has 0 fully saturated rings. The van der Waals surface area contributed by atoms with Crippen molar-refractivity contribution in [2.75, 3.05) is 6.61 Å². The molecule has 2 aromatic rings. The van der Waals surface area contributed by atoms with Gasteiger partial charge in [-0.1, -0.05) is 34.1 Å². The molecule has 0 bridgehead atoms. The molecule has 2 rings (SSSR count). The molecule has 0 unspecified atom stereocenters. The highest BCUT2D eigenvalue weighted by atomic mass is 79.9. The molecule has 4 heteroatoms. The van der Waals surface area contributed by atoms with Gasteiger partial charge in [0.1, 0.15) is 0 Å². The lowest BCUT2D eigenvalue weighted by Crippen LogP contribution is -1.89. The lowest BCUT2D eigenvalue weighted by atomic mass is 10.1. The van der Waals surface area contributed by atoms with Gasteiger partial charge in [0.25, 0.3) is 0 Å². The first-order valence-corrected chi connectivity index (χ1v) is 6.65. The summed E-state index contributed by atoms with van der Waals surface area (Å²) < 4.78 is 1.05. The summed E-state index contributed by atoms with van der Waals surface area (Å²) in [5.74, 6) is 0. The number of aliphatic hydroxyl groups excluding tert-OH is 1. The molecular formula is C12H12BrNOS. The summed E-state index contributed by atoms with van der Waals surface area (Å²) >= 11 is 5.18. The second kappa shape index (κ2) is 5.08.